The Bertz CT molecular complexity index is 1250. The van der Waals surface area contributed by atoms with Crippen LogP contribution in [0.25, 0.3) is 0 Å². The molecule has 0 spiro atoms. The zero-order chi connectivity index (χ0) is 23.8. The summed E-state index contributed by atoms with van der Waals surface area (Å²) in [6, 6.07) is 19.4. The second kappa shape index (κ2) is 11.0. The van der Waals surface area contributed by atoms with Crippen molar-refractivity contribution in [2.24, 2.45) is 0 Å². The van der Waals surface area contributed by atoms with Gasteiger partial charge in [0.2, 0.25) is 10.0 Å². The Hall–Kier alpha value is -3.40. The summed E-state index contributed by atoms with van der Waals surface area (Å²) in [6.07, 6.45) is 0. The van der Waals surface area contributed by atoms with Crippen LogP contribution in [0.2, 0.25) is 5.02 Å². The Balaban J connectivity index is 1.61. The number of amides is 1. The van der Waals surface area contributed by atoms with Crippen LogP contribution in [0.5, 0.6) is 5.75 Å². The highest BCUT2D eigenvalue weighted by atomic mass is 35.5. The Morgan fingerprint density at radius 2 is 1.67 bits per heavy atom. The van der Waals surface area contributed by atoms with Gasteiger partial charge in [0.05, 0.1) is 28.3 Å². The molecule has 3 aromatic rings. The second-order valence-corrected chi connectivity index (χ2v) is 8.95. The lowest BCUT2D eigenvalue weighted by atomic mass is 10.2. The predicted molar refractivity (Wildman–Crippen MR) is 124 cm³/mol. The lowest BCUT2D eigenvalue weighted by Crippen LogP contribution is -2.23. The van der Waals surface area contributed by atoms with Crippen LogP contribution in [-0.4, -0.2) is 34.0 Å². The summed E-state index contributed by atoms with van der Waals surface area (Å²) in [5.41, 5.74) is 1.28. The van der Waals surface area contributed by atoms with Crippen LogP contribution in [-0.2, 0) is 26.1 Å². The minimum atomic E-state index is -3.80. The summed E-state index contributed by atoms with van der Waals surface area (Å²) in [6.45, 7) is -0.278. The van der Waals surface area contributed by atoms with Crippen molar-refractivity contribution in [3.63, 3.8) is 0 Å². The summed E-state index contributed by atoms with van der Waals surface area (Å²) < 4.78 is 37.7. The minimum absolute atomic E-state index is 0.0281. The fourth-order valence-electron chi connectivity index (χ4n) is 2.83. The monoisotopic (exact) mass is 488 g/mol. The number of sulfonamides is 1. The lowest BCUT2D eigenvalue weighted by Gasteiger charge is -2.12. The number of anilines is 1. The number of rotatable bonds is 9. The first-order valence-electron chi connectivity index (χ1n) is 9.73. The maximum Gasteiger partial charge on any atom is 0.339 e. The molecule has 8 nitrogen and oxygen atoms in total. The fraction of sp³-hybridized carbons (Fsp3) is 0.130. The number of hydrogen-bond acceptors (Lipinski definition) is 6. The molecule has 0 radical (unpaired) electrons. The molecular formula is C23H21ClN2O6S. The van der Waals surface area contributed by atoms with Crippen molar-refractivity contribution >= 4 is 39.2 Å². The van der Waals surface area contributed by atoms with Crippen LogP contribution < -0.4 is 14.8 Å². The average molecular weight is 489 g/mol. The minimum Gasteiger partial charge on any atom is -0.482 e. The van der Waals surface area contributed by atoms with E-state index in [1.807, 2.05) is 18.2 Å². The Kier molecular flexibility index (Phi) is 8.05. The molecule has 2 N–H and O–H groups in total. The van der Waals surface area contributed by atoms with Gasteiger partial charge in [0.25, 0.3) is 5.91 Å². The first-order chi connectivity index (χ1) is 15.8. The molecule has 0 aliphatic heterocycles. The van der Waals surface area contributed by atoms with Crippen LogP contribution in [0.1, 0.15) is 15.9 Å². The Morgan fingerprint density at radius 1 is 0.970 bits per heavy atom. The smallest absolute Gasteiger partial charge is 0.339 e. The van der Waals surface area contributed by atoms with E-state index in [9.17, 15) is 18.0 Å². The third-order valence-corrected chi connectivity index (χ3v) is 6.18. The summed E-state index contributed by atoms with van der Waals surface area (Å²) >= 11 is 6.17. The van der Waals surface area contributed by atoms with Gasteiger partial charge in [-0.15, -0.1) is 0 Å². The molecule has 3 rings (SSSR count). The Labute approximate surface area is 196 Å². The third kappa shape index (κ3) is 6.55. The van der Waals surface area contributed by atoms with Gasteiger partial charge in [-0.25, -0.2) is 17.9 Å². The van der Waals surface area contributed by atoms with E-state index in [-0.39, 0.29) is 33.5 Å². The van der Waals surface area contributed by atoms with E-state index in [2.05, 4.69) is 10.0 Å². The van der Waals surface area contributed by atoms with E-state index in [4.69, 9.17) is 21.1 Å². The van der Waals surface area contributed by atoms with E-state index in [1.54, 1.807) is 30.3 Å². The lowest BCUT2D eigenvalue weighted by molar-refractivity contribution is -0.118. The van der Waals surface area contributed by atoms with Gasteiger partial charge in [0.15, 0.2) is 6.61 Å². The largest absolute Gasteiger partial charge is 0.482 e. The average Bonchev–Trinajstić information content (AvgIpc) is 2.82. The molecule has 0 unspecified atom stereocenters. The highest BCUT2D eigenvalue weighted by Gasteiger charge is 2.17. The van der Waals surface area contributed by atoms with Gasteiger partial charge in [-0.3, -0.25) is 4.79 Å². The molecule has 172 valence electrons. The van der Waals surface area contributed by atoms with Gasteiger partial charge in [0, 0.05) is 6.54 Å². The zero-order valence-corrected chi connectivity index (χ0v) is 19.2. The number of para-hydroxylation sites is 1. The maximum absolute atomic E-state index is 12.5. The molecule has 0 aliphatic carbocycles. The highest BCUT2D eigenvalue weighted by Crippen LogP contribution is 2.27. The van der Waals surface area contributed by atoms with Crippen molar-refractivity contribution in [1.29, 1.82) is 0 Å². The van der Waals surface area contributed by atoms with Crippen LogP contribution in [0.15, 0.2) is 77.7 Å². The number of nitrogens with one attached hydrogen (secondary N) is 2. The van der Waals surface area contributed by atoms with E-state index in [0.29, 0.717) is 0 Å². The summed E-state index contributed by atoms with van der Waals surface area (Å²) in [5.74, 6) is -0.994. The predicted octanol–water partition coefficient (Wildman–Crippen LogP) is 3.62. The van der Waals surface area contributed by atoms with Gasteiger partial charge in [-0.05, 0) is 35.9 Å². The number of halogens is 1. The molecule has 10 heteroatoms. The van der Waals surface area contributed by atoms with Crippen molar-refractivity contribution in [3.8, 4) is 5.75 Å². The third-order valence-electron chi connectivity index (χ3n) is 4.49. The topological polar surface area (TPSA) is 111 Å². The molecule has 0 bridgehead atoms. The molecule has 0 saturated heterocycles. The Morgan fingerprint density at radius 3 is 2.36 bits per heavy atom. The molecule has 0 atom stereocenters. The standard InChI is InChI=1S/C23H21ClN2O6S/c1-31-23(28)18-9-5-6-10-20(18)26-22(27)15-32-21-12-11-17(13-19(21)24)33(29,30)25-14-16-7-3-2-4-8-16/h2-13,25H,14-15H2,1H3,(H,26,27). The molecule has 3 aromatic carbocycles. The van der Waals surface area contributed by atoms with Crippen LogP contribution in [0.3, 0.4) is 0 Å². The van der Waals surface area contributed by atoms with Crippen LogP contribution >= 0.6 is 11.6 Å². The number of methoxy groups -OCH3 is 1. The molecule has 1 amide bonds. The van der Waals surface area contributed by atoms with Crippen molar-refractivity contribution < 1.29 is 27.5 Å². The molecule has 0 saturated carbocycles. The van der Waals surface area contributed by atoms with Crippen molar-refractivity contribution in [2.75, 3.05) is 19.0 Å². The maximum atomic E-state index is 12.5. The first-order valence-corrected chi connectivity index (χ1v) is 11.6. The summed E-state index contributed by atoms with van der Waals surface area (Å²) in [7, 11) is -2.56. The van der Waals surface area contributed by atoms with E-state index >= 15 is 0 Å². The van der Waals surface area contributed by atoms with E-state index < -0.39 is 28.5 Å². The number of carbonyl (C=O) groups excluding carboxylic acids is 2. The molecule has 0 heterocycles. The van der Waals surface area contributed by atoms with Gasteiger partial charge in [0.1, 0.15) is 5.75 Å². The molecular weight excluding hydrogens is 468 g/mol. The summed E-state index contributed by atoms with van der Waals surface area (Å²) in [4.78, 5) is 24.0. The highest BCUT2D eigenvalue weighted by molar-refractivity contribution is 7.89. The SMILES string of the molecule is COC(=O)c1ccccc1NC(=O)COc1ccc(S(=O)(=O)NCc2ccccc2)cc1Cl. The number of carbonyl (C=O) groups is 2. The summed E-state index contributed by atoms with van der Waals surface area (Å²) in [5, 5.41) is 2.60. The number of esters is 1. The van der Waals surface area contributed by atoms with Crippen LogP contribution in [0, 0.1) is 0 Å². The second-order valence-electron chi connectivity index (χ2n) is 6.78. The zero-order valence-electron chi connectivity index (χ0n) is 17.6. The normalized spacial score (nSPS) is 11.0. The van der Waals surface area contributed by atoms with E-state index in [1.165, 1.54) is 31.4 Å². The van der Waals surface area contributed by atoms with Crippen molar-refractivity contribution in [3.05, 3.63) is 88.9 Å². The van der Waals surface area contributed by atoms with E-state index in [0.717, 1.165) is 5.56 Å². The molecule has 0 aliphatic rings. The van der Waals surface area contributed by atoms with Gasteiger partial charge < -0.3 is 14.8 Å². The molecule has 33 heavy (non-hydrogen) atoms. The first kappa shape index (κ1) is 24.2. The fourth-order valence-corrected chi connectivity index (χ4v) is 4.18. The number of ether oxygens (including phenoxy) is 2. The quantitative estimate of drug-likeness (QED) is 0.445. The van der Waals surface area contributed by atoms with Gasteiger partial charge >= 0.3 is 5.97 Å². The van der Waals surface area contributed by atoms with Crippen molar-refractivity contribution in [1.82, 2.24) is 4.72 Å². The van der Waals surface area contributed by atoms with Crippen molar-refractivity contribution in [2.45, 2.75) is 11.4 Å². The van der Waals surface area contributed by atoms with Gasteiger partial charge in [-0.1, -0.05) is 54.1 Å². The molecule has 0 fully saturated rings. The molecule has 0 aromatic heterocycles. The number of hydrogen-bond donors (Lipinski definition) is 2. The van der Waals surface area contributed by atoms with Crippen LogP contribution in [0.4, 0.5) is 5.69 Å². The van der Waals surface area contributed by atoms with Gasteiger partial charge in [-0.2, -0.15) is 0 Å². The number of benzene rings is 3.